The summed E-state index contributed by atoms with van der Waals surface area (Å²) < 4.78 is 37.1. The topological polar surface area (TPSA) is 93.7 Å². The zero-order valence-corrected chi connectivity index (χ0v) is 18.0. The molecule has 0 saturated heterocycles. The normalized spacial score (nSPS) is 11.6. The first-order chi connectivity index (χ1) is 13.5. The third-order valence-electron chi connectivity index (χ3n) is 2.98. The van der Waals surface area contributed by atoms with Crippen LogP contribution in [0.25, 0.3) is 0 Å². The summed E-state index contributed by atoms with van der Waals surface area (Å²) in [6.45, 7) is 14.2. The average Bonchev–Trinajstić information content (AvgIpc) is 2.62. The molecule has 0 atom stereocenters. The Bertz CT molecular complexity index is 349. The highest BCUT2D eigenvalue weighted by Crippen LogP contribution is 2.05. The van der Waals surface area contributed by atoms with Crippen LogP contribution in [0.4, 0.5) is 4.79 Å². The first kappa shape index (κ1) is 27.0. The lowest BCUT2D eigenvalue weighted by Gasteiger charge is -2.19. The van der Waals surface area contributed by atoms with Crippen LogP contribution in [0.2, 0.25) is 0 Å². The van der Waals surface area contributed by atoms with E-state index in [-0.39, 0.29) is 0 Å². The first-order valence-corrected chi connectivity index (χ1v) is 9.89. The molecule has 9 heteroatoms. The Labute approximate surface area is 169 Å². The van der Waals surface area contributed by atoms with E-state index in [4.69, 9.17) is 33.2 Å². The SMILES string of the molecule is CCOCCOCCOCCOCCOCCOCCNC(=O)OC(C)(C)C. The van der Waals surface area contributed by atoms with Crippen LogP contribution in [0.3, 0.4) is 0 Å². The molecule has 0 aromatic rings. The maximum absolute atomic E-state index is 11.4. The molecule has 28 heavy (non-hydrogen) atoms. The van der Waals surface area contributed by atoms with Gasteiger partial charge in [-0.25, -0.2) is 4.79 Å². The lowest BCUT2D eigenvalue weighted by Crippen LogP contribution is -2.34. The van der Waals surface area contributed by atoms with Crippen LogP contribution in [0.1, 0.15) is 27.7 Å². The largest absolute Gasteiger partial charge is 0.444 e. The summed E-state index contributed by atoms with van der Waals surface area (Å²) in [7, 11) is 0. The van der Waals surface area contributed by atoms with Crippen LogP contribution in [0.5, 0.6) is 0 Å². The monoisotopic (exact) mass is 409 g/mol. The first-order valence-electron chi connectivity index (χ1n) is 9.89. The van der Waals surface area contributed by atoms with Crippen molar-refractivity contribution in [3.63, 3.8) is 0 Å². The minimum Gasteiger partial charge on any atom is -0.444 e. The van der Waals surface area contributed by atoms with Crippen molar-refractivity contribution in [2.75, 3.05) is 85.8 Å². The fourth-order valence-electron chi connectivity index (χ4n) is 1.78. The molecule has 0 unspecified atom stereocenters. The third-order valence-corrected chi connectivity index (χ3v) is 2.98. The Morgan fingerprint density at radius 2 is 1.00 bits per heavy atom. The van der Waals surface area contributed by atoms with Gasteiger partial charge in [-0.2, -0.15) is 0 Å². The van der Waals surface area contributed by atoms with Gasteiger partial charge in [-0.1, -0.05) is 0 Å². The molecule has 0 rings (SSSR count). The predicted molar refractivity (Wildman–Crippen MR) is 105 cm³/mol. The smallest absolute Gasteiger partial charge is 0.407 e. The molecule has 0 saturated carbocycles. The van der Waals surface area contributed by atoms with Crippen molar-refractivity contribution in [1.29, 1.82) is 0 Å². The Morgan fingerprint density at radius 1 is 0.643 bits per heavy atom. The zero-order chi connectivity index (χ0) is 20.9. The quantitative estimate of drug-likeness (QED) is 0.322. The fourth-order valence-corrected chi connectivity index (χ4v) is 1.78. The Kier molecular flexibility index (Phi) is 18.7. The standard InChI is InChI=1S/C19H39NO8/c1-5-22-8-9-24-12-13-26-16-17-27-15-14-25-11-10-23-7-6-20-18(21)28-19(2,3)4/h5-17H2,1-4H3,(H,20,21). The number of hydrogen-bond donors (Lipinski definition) is 1. The molecule has 168 valence electrons. The van der Waals surface area contributed by atoms with Crippen molar-refractivity contribution in [3.05, 3.63) is 0 Å². The number of carbonyl (C=O) groups is 1. The molecule has 0 bridgehead atoms. The van der Waals surface area contributed by atoms with Gasteiger partial charge in [0.2, 0.25) is 0 Å². The van der Waals surface area contributed by atoms with E-state index in [2.05, 4.69) is 5.32 Å². The molecule has 0 radical (unpaired) electrons. The van der Waals surface area contributed by atoms with Crippen LogP contribution >= 0.6 is 0 Å². The second-order valence-corrected chi connectivity index (χ2v) is 6.69. The lowest BCUT2D eigenvalue weighted by molar-refractivity contribution is -0.0161. The molecule has 0 fully saturated rings. The second-order valence-electron chi connectivity index (χ2n) is 6.69. The van der Waals surface area contributed by atoms with Crippen LogP contribution in [0, 0.1) is 0 Å². The van der Waals surface area contributed by atoms with E-state index in [0.29, 0.717) is 85.8 Å². The van der Waals surface area contributed by atoms with Crippen molar-refractivity contribution >= 4 is 6.09 Å². The molecule has 0 aliphatic heterocycles. The summed E-state index contributed by atoms with van der Waals surface area (Å²) in [5.41, 5.74) is -0.495. The van der Waals surface area contributed by atoms with E-state index in [0.717, 1.165) is 0 Å². The van der Waals surface area contributed by atoms with Gasteiger partial charge in [0.25, 0.3) is 0 Å². The molecule has 1 N–H and O–H groups in total. The number of rotatable bonds is 19. The molecule has 0 aliphatic rings. The summed E-state index contributed by atoms with van der Waals surface area (Å²) in [6, 6.07) is 0. The van der Waals surface area contributed by atoms with E-state index in [1.165, 1.54) is 0 Å². The number of amides is 1. The van der Waals surface area contributed by atoms with Crippen LogP contribution in [0.15, 0.2) is 0 Å². The van der Waals surface area contributed by atoms with E-state index < -0.39 is 11.7 Å². The summed E-state index contributed by atoms with van der Waals surface area (Å²) in [5.74, 6) is 0. The number of alkyl carbamates (subject to hydrolysis) is 1. The van der Waals surface area contributed by atoms with Gasteiger partial charge in [-0.15, -0.1) is 0 Å². The van der Waals surface area contributed by atoms with Gasteiger partial charge in [0.15, 0.2) is 0 Å². The average molecular weight is 410 g/mol. The molecule has 0 spiro atoms. The molecule has 0 heterocycles. The van der Waals surface area contributed by atoms with E-state index in [1.807, 2.05) is 27.7 Å². The highest BCUT2D eigenvalue weighted by molar-refractivity contribution is 5.67. The Balaban J connectivity index is 3.11. The maximum atomic E-state index is 11.4. The van der Waals surface area contributed by atoms with Crippen LogP contribution < -0.4 is 5.32 Å². The van der Waals surface area contributed by atoms with Crippen molar-refractivity contribution < 1.29 is 38.0 Å². The molecule has 1 amide bonds. The van der Waals surface area contributed by atoms with Crippen molar-refractivity contribution in [3.8, 4) is 0 Å². The van der Waals surface area contributed by atoms with E-state index in [1.54, 1.807) is 0 Å². The van der Waals surface area contributed by atoms with Crippen molar-refractivity contribution in [2.45, 2.75) is 33.3 Å². The lowest BCUT2D eigenvalue weighted by atomic mass is 10.2. The van der Waals surface area contributed by atoms with Gasteiger partial charge < -0.3 is 38.5 Å². The molecule has 0 aliphatic carbocycles. The highest BCUT2D eigenvalue weighted by atomic mass is 16.6. The minimum atomic E-state index is -0.495. The van der Waals surface area contributed by atoms with Gasteiger partial charge >= 0.3 is 6.09 Å². The molecular formula is C19H39NO8. The summed E-state index contributed by atoms with van der Waals surface area (Å²) in [5, 5.41) is 2.62. The highest BCUT2D eigenvalue weighted by Gasteiger charge is 2.15. The number of ether oxygens (including phenoxy) is 7. The number of nitrogens with one attached hydrogen (secondary N) is 1. The van der Waals surface area contributed by atoms with Crippen LogP contribution in [-0.4, -0.2) is 97.5 Å². The van der Waals surface area contributed by atoms with Gasteiger partial charge in [0.05, 0.1) is 72.7 Å². The summed E-state index contributed by atoms with van der Waals surface area (Å²) >= 11 is 0. The van der Waals surface area contributed by atoms with Crippen molar-refractivity contribution in [1.82, 2.24) is 5.32 Å². The second kappa shape index (κ2) is 19.4. The molecule has 9 nitrogen and oxygen atoms in total. The Morgan fingerprint density at radius 3 is 1.36 bits per heavy atom. The fraction of sp³-hybridized carbons (Fsp3) is 0.947. The predicted octanol–water partition coefficient (Wildman–Crippen LogP) is 1.63. The molecule has 0 aromatic carbocycles. The van der Waals surface area contributed by atoms with Gasteiger partial charge in [-0.05, 0) is 27.7 Å². The summed E-state index contributed by atoms with van der Waals surface area (Å²) in [4.78, 5) is 11.4. The van der Waals surface area contributed by atoms with Crippen molar-refractivity contribution in [2.24, 2.45) is 0 Å². The van der Waals surface area contributed by atoms with Gasteiger partial charge in [0.1, 0.15) is 5.60 Å². The Hall–Kier alpha value is -0.970. The summed E-state index contributed by atoms with van der Waals surface area (Å²) in [6.07, 6.45) is -0.442. The minimum absolute atomic E-state index is 0.398. The molecule has 0 aromatic heterocycles. The van der Waals surface area contributed by atoms with Crippen LogP contribution in [-0.2, 0) is 33.2 Å². The maximum Gasteiger partial charge on any atom is 0.407 e. The van der Waals surface area contributed by atoms with E-state index >= 15 is 0 Å². The zero-order valence-electron chi connectivity index (χ0n) is 18.0. The van der Waals surface area contributed by atoms with Gasteiger partial charge in [0, 0.05) is 13.2 Å². The van der Waals surface area contributed by atoms with E-state index in [9.17, 15) is 4.79 Å². The number of hydrogen-bond acceptors (Lipinski definition) is 8. The molecular weight excluding hydrogens is 370 g/mol. The number of carbonyl (C=O) groups excluding carboxylic acids is 1. The van der Waals surface area contributed by atoms with Gasteiger partial charge in [-0.3, -0.25) is 0 Å². The third kappa shape index (κ3) is 23.1.